The molecule has 1 unspecified atom stereocenters. The van der Waals surface area contributed by atoms with Gasteiger partial charge in [0.05, 0.1) is 24.6 Å². The number of aliphatic hydroxyl groups excluding tert-OH is 1. The summed E-state index contributed by atoms with van der Waals surface area (Å²) in [6, 6.07) is 5.47. The summed E-state index contributed by atoms with van der Waals surface area (Å²) >= 11 is 0. The number of fused-ring (bicyclic) bond motifs is 1. The normalized spacial score (nSPS) is 12.6. The summed E-state index contributed by atoms with van der Waals surface area (Å²) < 4.78 is 5.17. The number of aromatic nitrogens is 1. The first kappa shape index (κ1) is 8.73. The molecule has 2 rings (SSSR count). The molecule has 2 heterocycles. The maximum Gasteiger partial charge on any atom is 0.137 e. The molecule has 14 heavy (non-hydrogen) atoms. The molecule has 1 N–H and O–H groups in total. The second kappa shape index (κ2) is 3.48. The van der Waals surface area contributed by atoms with Gasteiger partial charge in [-0.05, 0) is 12.1 Å². The van der Waals surface area contributed by atoms with Gasteiger partial charge in [0, 0.05) is 11.6 Å². The van der Waals surface area contributed by atoms with E-state index in [0.29, 0.717) is 11.3 Å². The second-order valence-corrected chi connectivity index (χ2v) is 2.89. The Labute approximate surface area is 80.4 Å². The first-order valence-corrected chi connectivity index (χ1v) is 4.19. The predicted molar refractivity (Wildman–Crippen MR) is 49.4 cm³/mol. The molecule has 0 bridgehead atoms. The fraction of sp³-hybridized carbons (Fsp3) is 0.200. The van der Waals surface area contributed by atoms with E-state index in [4.69, 9.17) is 14.8 Å². The van der Waals surface area contributed by atoms with E-state index in [2.05, 4.69) is 4.98 Å². The molecule has 0 aliphatic heterocycles. The number of nitriles is 1. The molecule has 0 saturated carbocycles. The topological polar surface area (TPSA) is 70.0 Å². The molecular formula is C10H8N2O2. The third-order valence-electron chi connectivity index (χ3n) is 2.08. The zero-order valence-corrected chi connectivity index (χ0v) is 7.34. The second-order valence-electron chi connectivity index (χ2n) is 2.89. The first-order valence-electron chi connectivity index (χ1n) is 4.19. The van der Waals surface area contributed by atoms with Crippen molar-refractivity contribution in [1.29, 1.82) is 5.26 Å². The summed E-state index contributed by atoms with van der Waals surface area (Å²) in [5, 5.41) is 18.6. The molecular weight excluding hydrogens is 180 g/mol. The SMILES string of the molecule is N#CC(CO)c1nccc2occc12. The highest BCUT2D eigenvalue weighted by Gasteiger charge is 2.15. The van der Waals surface area contributed by atoms with Gasteiger partial charge >= 0.3 is 0 Å². The van der Waals surface area contributed by atoms with E-state index >= 15 is 0 Å². The molecule has 0 aliphatic rings. The molecule has 0 fully saturated rings. The van der Waals surface area contributed by atoms with Gasteiger partial charge in [-0.3, -0.25) is 4.98 Å². The Morgan fingerprint density at radius 3 is 3.14 bits per heavy atom. The first-order chi connectivity index (χ1) is 6.86. The van der Waals surface area contributed by atoms with Crippen LogP contribution >= 0.6 is 0 Å². The summed E-state index contributed by atoms with van der Waals surface area (Å²) in [4.78, 5) is 4.08. The van der Waals surface area contributed by atoms with Crippen LogP contribution in [0, 0.1) is 11.3 Å². The van der Waals surface area contributed by atoms with Crippen molar-refractivity contribution < 1.29 is 9.52 Å². The predicted octanol–water partition coefficient (Wildman–Crippen LogP) is 1.43. The Bertz CT molecular complexity index is 484. The van der Waals surface area contributed by atoms with Gasteiger partial charge in [0.25, 0.3) is 0 Å². The van der Waals surface area contributed by atoms with E-state index in [9.17, 15) is 0 Å². The van der Waals surface area contributed by atoms with Gasteiger partial charge < -0.3 is 9.52 Å². The van der Waals surface area contributed by atoms with E-state index < -0.39 is 5.92 Å². The standard InChI is InChI=1S/C10H8N2O2/c11-5-7(6-13)10-8-2-4-14-9(8)1-3-12-10/h1-4,7,13H,6H2. The van der Waals surface area contributed by atoms with Crippen molar-refractivity contribution >= 4 is 11.0 Å². The molecule has 2 aromatic rings. The van der Waals surface area contributed by atoms with Crippen LogP contribution in [0.4, 0.5) is 0 Å². The van der Waals surface area contributed by atoms with E-state index in [0.717, 1.165) is 5.39 Å². The largest absolute Gasteiger partial charge is 0.464 e. The Kier molecular flexibility index (Phi) is 2.17. The van der Waals surface area contributed by atoms with Crippen molar-refractivity contribution in [3.63, 3.8) is 0 Å². The van der Waals surface area contributed by atoms with Crippen molar-refractivity contribution in [3.05, 3.63) is 30.3 Å². The maximum absolute atomic E-state index is 8.98. The van der Waals surface area contributed by atoms with Gasteiger partial charge in [0.2, 0.25) is 0 Å². The maximum atomic E-state index is 8.98. The highest BCUT2D eigenvalue weighted by atomic mass is 16.3. The fourth-order valence-electron chi connectivity index (χ4n) is 1.38. The highest BCUT2D eigenvalue weighted by molar-refractivity contribution is 5.80. The van der Waals surface area contributed by atoms with Crippen LogP contribution < -0.4 is 0 Å². The molecule has 1 atom stereocenters. The van der Waals surface area contributed by atoms with E-state index in [-0.39, 0.29) is 6.61 Å². The summed E-state index contributed by atoms with van der Waals surface area (Å²) in [7, 11) is 0. The van der Waals surface area contributed by atoms with Crippen LogP contribution in [0.25, 0.3) is 11.0 Å². The van der Waals surface area contributed by atoms with E-state index in [1.807, 2.05) is 6.07 Å². The summed E-state index contributed by atoms with van der Waals surface area (Å²) in [5.74, 6) is -0.587. The number of furan rings is 1. The molecule has 70 valence electrons. The van der Waals surface area contributed by atoms with E-state index in [1.165, 1.54) is 0 Å². The average molecular weight is 188 g/mol. The third kappa shape index (κ3) is 1.24. The number of nitrogens with zero attached hydrogens (tertiary/aromatic N) is 2. The molecule has 0 amide bonds. The van der Waals surface area contributed by atoms with Gasteiger partial charge in [-0.1, -0.05) is 0 Å². The van der Waals surface area contributed by atoms with Crippen molar-refractivity contribution in [3.8, 4) is 6.07 Å². The van der Waals surface area contributed by atoms with Crippen LogP contribution in [-0.2, 0) is 0 Å². The molecule has 0 aromatic carbocycles. The third-order valence-corrected chi connectivity index (χ3v) is 2.08. The number of aliphatic hydroxyl groups is 1. The fourth-order valence-corrected chi connectivity index (χ4v) is 1.38. The summed E-state index contributed by atoms with van der Waals surface area (Å²) in [6.07, 6.45) is 3.11. The van der Waals surface area contributed by atoms with Gasteiger partial charge in [0.1, 0.15) is 11.5 Å². The zero-order valence-electron chi connectivity index (χ0n) is 7.34. The minimum Gasteiger partial charge on any atom is -0.464 e. The highest BCUT2D eigenvalue weighted by Crippen LogP contribution is 2.23. The lowest BCUT2D eigenvalue weighted by Gasteiger charge is -2.04. The number of pyridine rings is 1. The zero-order chi connectivity index (χ0) is 9.97. The van der Waals surface area contributed by atoms with Gasteiger partial charge in [-0.2, -0.15) is 5.26 Å². The van der Waals surface area contributed by atoms with Crippen LogP contribution in [0.1, 0.15) is 11.6 Å². The van der Waals surface area contributed by atoms with Crippen molar-refractivity contribution in [2.75, 3.05) is 6.61 Å². The molecule has 2 aromatic heterocycles. The van der Waals surface area contributed by atoms with Crippen LogP contribution in [0.5, 0.6) is 0 Å². The van der Waals surface area contributed by atoms with Crippen LogP contribution in [0.3, 0.4) is 0 Å². The minimum atomic E-state index is -0.587. The molecule has 0 saturated heterocycles. The van der Waals surface area contributed by atoms with Gasteiger partial charge in [0.15, 0.2) is 0 Å². The van der Waals surface area contributed by atoms with Crippen molar-refractivity contribution in [2.45, 2.75) is 5.92 Å². The van der Waals surface area contributed by atoms with Crippen LogP contribution in [-0.4, -0.2) is 16.7 Å². The smallest absolute Gasteiger partial charge is 0.137 e. The number of rotatable bonds is 2. The Morgan fingerprint density at radius 2 is 2.43 bits per heavy atom. The lowest BCUT2D eigenvalue weighted by atomic mass is 10.0. The van der Waals surface area contributed by atoms with Crippen LogP contribution in [0.2, 0.25) is 0 Å². The lowest BCUT2D eigenvalue weighted by molar-refractivity contribution is 0.285. The molecule has 0 aliphatic carbocycles. The Morgan fingerprint density at radius 1 is 1.57 bits per heavy atom. The van der Waals surface area contributed by atoms with Crippen LogP contribution in [0.15, 0.2) is 29.0 Å². The number of hydrogen-bond donors (Lipinski definition) is 1. The molecule has 4 nitrogen and oxygen atoms in total. The van der Waals surface area contributed by atoms with Gasteiger partial charge in [-0.25, -0.2) is 0 Å². The van der Waals surface area contributed by atoms with Gasteiger partial charge in [-0.15, -0.1) is 0 Å². The summed E-state index contributed by atoms with van der Waals surface area (Å²) in [6.45, 7) is -0.228. The average Bonchev–Trinajstić information content (AvgIpc) is 2.68. The monoisotopic (exact) mass is 188 g/mol. The van der Waals surface area contributed by atoms with Crippen molar-refractivity contribution in [1.82, 2.24) is 4.98 Å². The quantitative estimate of drug-likeness (QED) is 0.773. The van der Waals surface area contributed by atoms with E-state index in [1.54, 1.807) is 24.6 Å². The molecule has 0 radical (unpaired) electrons. The molecule has 0 spiro atoms. The molecule has 4 heteroatoms. The van der Waals surface area contributed by atoms with Crippen molar-refractivity contribution in [2.24, 2.45) is 0 Å². The summed E-state index contributed by atoms with van der Waals surface area (Å²) in [5.41, 5.74) is 1.25. The Balaban J connectivity index is 2.62. The Hall–Kier alpha value is -1.86. The lowest BCUT2D eigenvalue weighted by Crippen LogP contribution is -2.03. The minimum absolute atomic E-state index is 0.228. The number of hydrogen-bond acceptors (Lipinski definition) is 4.